The van der Waals surface area contributed by atoms with Crippen molar-refractivity contribution < 1.29 is 9.53 Å². The SMILES string of the molecule is CCNC(=NCc1ccc(CN2CCCC2=O)cc1)NCCN1CCOCC1.I. The number of morpholine rings is 1. The van der Waals surface area contributed by atoms with Gasteiger partial charge in [0, 0.05) is 52.2 Å². The molecule has 0 bridgehead atoms. The van der Waals surface area contributed by atoms with E-state index in [0.29, 0.717) is 19.5 Å². The fourth-order valence-corrected chi connectivity index (χ4v) is 3.51. The zero-order chi connectivity index (χ0) is 19.6. The molecule has 1 amide bonds. The first kappa shape index (κ1) is 23.9. The molecule has 0 aromatic heterocycles. The van der Waals surface area contributed by atoms with Crippen LogP contribution >= 0.6 is 24.0 Å². The molecule has 7 nitrogen and oxygen atoms in total. The minimum Gasteiger partial charge on any atom is -0.379 e. The topological polar surface area (TPSA) is 69.2 Å². The molecule has 2 aliphatic rings. The molecule has 2 heterocycles. The lowest BCUT2D eigenvalue weighted by Gasteiger charge is -2.26. The largest absolute Gasteiger partial charge is 0.379 e. The summed E-state index contributed by atoms with van der Waals surface area (Å²) in [5.74, 6) is 1.12. The van der Waals surface area contributed by atoms with Gasteiger partial charge in [-0.2, -0.15) is 0 Å². The quantitative estimate of drug-likeness (QED) is 0.314. The van der Waals surface area contributed by atoms with Gasteiger partial charge in [0.05, 0.1) is 19.8 Å². The summed E-state index contributed by atoms with van der Waals surface area (Å²) in [5.41, 5.74) is 2.35. The number of carbonyl (C=O) groups excluding carboxylic acids is 1. The minimum atomic E-state index is 0. The van der Waals surface area contributed by atoms with E-state index < -0.39 is 0 Å². The number of ether oxygens (including phenoxy) is 1. The normalized spacial score (nSPS) is 17.9. The van der Waals surface area contributed by atoms with E-state index in [1.807, 2.05) is 4.90 Å². The highest BCUT2D eigenvalue weighted by atomic mass is 127. The van der Waals surface area contributed by atoms with Crippen LogP contribution in [0.25, 0.3) is 0 Å². The number of halogens is 1. The third-order valence-electron chi connectivity index (χ3n) is 5.16. The van der Waals surface area contributed by atoms with Gasteiger partial charge in [-0.15, -0.1) is 24.0 Å². The summed E-state index contributed by atoms with van der Waals surface area (Å²) in [4.78, 5) is 20.8. The smallest absolute Gasteiger partial charge is 0.222 e. The number of amides is 1. The highest BCUT2D eigenvalue weighted by Gasteiger charge is 2.19. The molecule has 0 aliphatic carbocycles. The number of aliphatic imine (C=N–C) groups is 1. The number of nitrogens with one attached hydrogen (secondary N) is 2. The van der Waals surface area contributed by atoms with Crippen molar-refractivity contribution in [1.82, 2.24) is 20.4 Å². The molecular formula is C21H34IN5O2. The Bertz CT molecular complexity index is 647. The van der Waals surface area contributed by atoms with Crippen molar-refractivity contribution in [1.29, 1.82) is 0 Å². The van der Waals surface area contributed by atoms with Crippen LogP contribution in [-0.2, 0) is 22.6 Å². The van der Waals surface area contributed by atoms with Crippen LogP contribution in [-0.4, -0.2) is 74.1 Å². The molecular weight excluding hydrogens is 481 g/mol. The van der Waals surface area contributed by atoms with E-state index in [2.05, 4.69) is 46.7 Å². The number of carbonyl (C=O) groups is 1. The van der Waals surface area contributed by atoms with Gasteiger partial charge < -0.3 is 20.3 Å². The molecule has 0 unspecified atom stereocenters. The van der Waals surface area contributed by atoms with Gasteiger partial charge in [-0.05, 0) is 24.5 Å². The first-order chi connectivity index (χ1) is 13.7. The molecule has 2 saturated heterocycles. The van der Waals surface area contributed by atoms with E-state index >= 15 is 0 Å². The maximum Gasteiger partial charge on any atom is 0.222 e. The Morgan fingerprint density at radius 1 is 1.10 bits per heavy atom. The Hall–Kier alpha value is -1.39. The Morgan fingerprint density at radius 2 is 1.83 bits per heavy atom. The summed E-state index contributed by atoms with van der Waals surface area (Å²) >= 11 is 0. The molecule has 29 heavy (non-hydrogen) atoms. The third-order valence-corrected chi connectivity index (χ3v) is 5.16. The summed E-state index contributed by atoms with van der Waals surface area (Å²) in [7, 11) is 0. The fraction of sp³-hybridized carbons (Fsp3) is 0.619. The molecule has 3 rings (SSSR count). The number of hydrogen-bond acceptors (Lipinski definition) is 4. The number of guanidine groups is 1. The molecule has 0 radical (unpaired) electrons. The van der Waals surface area contributed by atoms with Crippen LogP contribution < -0.4 is 10.6 Å². The molecule has 2 aliphatic heterocycles. The molecule has 0 saturated carbocycles. The number of benzene rings is 1. The van der Waals surface area contributed by atoms with Crippen molar-refractivity contribution in [3.8, 4) is 0 Å². The maximum atomic E-state index is 11.8. The van der Waals surface area contributed by atoms with Gasteiger partial charge in [-0.25, -0.2) is 4.99 Å². The average molecular weight is 515 g/mol. The van der Waals surface area contributed by atoms with Gasteiger partial charge in [0.25, 0.3) is 0 Å². The van der Waals surface area contributed by atoms with Crippen molar-refractivity contribution in [3.05, 3.63) is 35.4 Å². The van der Waals surface area contributed by atoms with Crippen molar-refractivity contribution in [2.24, 2.45) is 4.99 Å². The first-order valence-electron chi connectivity index (χ1n) is 10.4. The summed E-state index contributed by atoms with van der Waals surface area (Å²) < 4.78 is 5.39. The molecule has 0 atom stereocenters. The predicted octanol–water partition coefficient (Wildman–Crippen LogP) is 1.81. The van der Waals surface area contributed by atoms with Crippen LogP contribution in [0.5, 0.6) is 0 Å². The molecule has 1 aromatic carbocycles. The highest BCUT2D eigenvalue weighted by Crippen LogP contribution is 2.15. The molecule has 1 aromatic rings. The van der Waals surface area contributed by atoms with E-state index in [9.17, 15) is 4.79 Å². The Morgan fingerprint density at radius 3 is 2.48 bits per heavy atom. The van der Waals surface area contributed by atoms with Crippen LogP contribution in [0.3, 0.4) is 0 Å². The predicted molar refractivity (Wildman–Crippen MR) is 127 cm³/mol. The number of rotatable bonds is 8. The van der Waals surface area contributed by atoms with E-state index in [0.717, 1.165) is 64.9 Å². The molecule has 2 fully saturated rings. The second-order valence-corrected chi connectivity index (χ2v) is 7.31. The van der Waals surface area contributed by atoms with Crippen molar-refractivity contribution in [3.63, 3.8) is 0 Å². The molecule has 162 valence electrons. The molecule has 0 spiro atoms. The Kier molecular flexibility index (Phi) is 10.7. The van der Waals surface area contributed by atoms with Gasteiger partial charge >= 0.3 is 0 Å². The standard InChI is InChI=1S/C21H33N5O2.HI/c1-2-22-21(23-9-11-25-12-14-28-15-13-25)24-16-18-5-7-19(8-6-18)17-26-10-3-4-20(26)27;/h5-8H,2-4,9-17H2,1H3,(H2,22,23,24);1H. The van der Waals surface area contributed by atoms with E-state index in [-0.39, 0.29) is 29.9 Å². The second-order valence-electron chi connectivity index (χ2n) is 7.31. The lowest BCUT2D eigenvalue weighted by molar-refractivity contribution is -0.128. The van der Waals surface area contributed by atoms with Gasteiger partial charge in [0.1, 0.15) is 0 Å². The Labute approximate surface area is 191 Å². The van der Waals surface area contributed by atoms with Gasteiger partial charge in [-0.1, -0.05) is 24.3 Å². The Balaban J connectivity index is 0.00000300. The van der Waals surface area contributed by atoms with E-state index in [1.54, 1.807) is 0 Å². The van der Waals surface area contributed by atoms with Crippen molar-refractivity contribution in [2.45, 2.75) is 32.9 Å². The molecule has 2 N–H and O–H groups in total. The number of hydrogen-bond donors (Lipinski definition) is 2. The lowest BCUT2D eigenvalue weighted by Crippen LogP contribution is -2.44. The van der Waals surface area contributed by atoms with E-state index in [4.69, 9.17) is 9.73 Å². The van der Waals surface area contributed by atoms with Gasteiger partial charge in [-0.3, -0.25) is 9.69 Å². The number of nitrogens with zero attached hydrogens (tertiary/aromatic N) is 3. The van der Waals surface area contributed by atoms with Crippen molar-refractivity contribution >= 4 is 35.8 Å². The summed E-state index contributed by atoms with van der Waals surface area (Å²) in [6.07, 6.45) is 1.68. The van der Waals surface area contributed by atoms with Crippen LogP contribution in [0.2, 0.25) is 0 Å². The monoisotopic (exact) mass is 515 g/mol. The van der Waals surface area contributed by atoms with Gasteiger partial charge in [0.15, 0.2) is 5.96 Å². The third kappa shape index (κ3) is 8.10. The summed E-state index contributed by atoms with van der Waals surface area (Å²) in [6, 6.07) is 8.43. The average Bonchev–Trinajstić information content (AvgIpc) is 3.12. The minimum absolute atomic E-state index is 0. The van der Waals surface area contributed by atoms with E-state index in [1.165, 1.54) is 11.1 Å². The second kappa shape index (κ2) is 13.0. The lowest BCUT2D eigenvalue weighted by atomic mass is 10.1. The zero-order valence-electron chi connectivity index (χ0n) is 17.4. The van der Waals surface area contributed by atoms with Crippen LogP contribution in [0.15, 0.2) is 29.3 Å². The number of likely N-dealkylation sites (tertiary alicyclic amines) is 1. The summed E-state index contributed by atoms with van der Waals surface area (Å²) in [6.45, 7) is 10.7. The van der Waals surface area contributed by atoms with Gasteiger partial charge in [0.2, 0.25) is 5.91 Å². The van der Waals surface area contributed by atoms with Crippen LogP contribution in [0.1, 0.15) is 30.9 Å². The van der Waals surface area contributed by atoms with Crippen LogP contribution in [0, 0.1) is 0 Å². The summed E-state index contributed by atoms with van der Waals surface area (Å²) in [5, 5.41) is 6.72. The first-order valence-corrected chi connectivity index (χ1v) is 10.4. The maximum absolute atomic E-state index is 11.8. The van der Waals surface area contributed by atoms with Crippen molar-refractivity contribution in [2.75, 3.05) is 52.5 Å². The molecule has 8 heteroatoms. The zero-order valence-corrected chi connectivity index (χ0v) is 19.7. The van der Waals surface area contributed by atoms with Crippen LogP contribution in [0.4, 0.5) is 0 Å². The highest BCUT2D eigenvalue weighted by molar-refractivity contribution is 14.0. The fourth-order valence-electron chi connectivity index (χ4n) is 3.51.